The minimum Gasteiger partial charge on any atom is -0.468 e. The lowest BCUT2D eigenvalue weighted by Gasteiger charge is -2.25. The number of methoxy groups -OCH3 is 1. The number of benzene rings is 1. The van der Waals surface area contributed by atoms with Crippen molar-refractivity contribution in [2.75, 3.05) is 13.7 Å². The molecule has 0 aliphatic carbocycles. The summed E-state index contributed by atoms with van der Waals surface area (Å²) in [5.74, 6) is -0.403. The van der Waals surface area contributed by atoms with Gasteiger partial charge in [-0.25, -0.2) is 0 Å². The normalized spacial score (nSPS) is 10.5. The number of nitrogens with zero attached hydrogens (tertiary/aromatic N) is 1. The fourth-order valence-corrected chi connectivity index (χ4v) is 2.10. The number of carbonyl (C=O) groups is 2. The third-order valence-corrected chi connectivity index (χ3v) is 3.53. The molecule has 4 nitrogen and oxygen atoms in total. The van der Waals surface area contributed by atoms with Crippen LogP contribution >= 0.6 is 0 Å². The average Bonchev–Trinajstić information content (AvgIpc) is 2.50. The van der Waals surface area contributed by atoms with Crippen LogP contribution < -0.4 is 0 Å². The molecule has 0 aliphatic heterocycles. The fourth-order valence-electron chi connectivity index (χ4n) is 2.10. The average molecular weight is 291 g/mol. The molecule has 0 saturated carbocycles. The van der Waals surface area contributed by atoms with Gasteiger partial charge in [0.05, 0.1) is 7.11 Å². The van der Waals surface area contributed by atoms with Gasteiger partial charge in [-0.05, 0) is 37.8 Å². The molecule has 0 spiro atoms. The molecule has 0 aromatic heterocycles. The topological polar surface area (TPSA) is 46.6 Å². The first-order valence-electron chi connectivity index (χ1n) is 7.42. The van der Waals surface area contributed by atoms with Gasteiger partial charge in [-0.3, -0.25) is 9.59 Å². The van der Waals surface area contributed by atoms with Crippen LogP contribution in [0.1, 0.15) is 38.3 Å². The monoisotopic (exact) mass is 291 g/mol. The van der Waals surface area contributed by atoms with Crippen molar-refractivity contribution in [3.8, 4) is 0 Å². The molecule has 1 rings (SSSR count). The molecule has 116 valence electrons. The van der Waals surface area contributed by atoms with Gasteiger partial charge in [-0.15, -0.1) is 0 Å². The molecule has 0 unspecified atom stereocenters. The third kappa shape index (κ3) is 5.58. The molecule has 0 atom stereocenters. The Labute approximate surface area is 127 Å². The van der Waals surface area contributed by atoms with Gasteiger partial charge >= 0.3 is 5.97 Å². The van der Waals surface area contributed by atoms with Gasteiger partial charge in [0.15, 0.2) is 0 Å². The van der Waals surface area contributed by atoms with Crippen LogP contribution in [0.25, 0.3) is 0 Å². The summed E-state index contributed by atoms with van der Waals surface area (Å²) in [5.41, 5.74) is 2.43. The van der Waals surface area contributed by atoms with E-state index >= 15 is 0 Å². The quantitative estimate of drug-likeness (QED) is 0.725. The predicted molar refractivity (Wildman–Crippen MR) is 83.0 cm³/mol. The molecule has 1 aromatic rings. The molecule has 0 N–H and O–H groups in total. The Morgan fingerprint density at radius 3 is 2.19 bits per heavy atom. The molecule has 0 bridgehead atoms. The maximum absolute atomic E-state index is 12.3. The third-order valence-electron chi connectivity index (χ3n) is 3.53. The van der Waals surface area contributed by atoms with Gasteiger partial charge in [0.2, 0.25) is 5.91 Å². The van der Waals surface area contributed by atoms with Gasteiger partial charge in [0.25, 0.3) is 0 Å². The highest BCUT2D eigenvalue weighted by Gasteiger charge is 2.20. The second-order valence-electron chi connectivity index (χ2n) is 5.36. The van der Waals surface area contributed by atoms with Gasteiger partial charge in [0.1, 0.15) is 6.54 Å². The largest absolute Gasteiger partial charge is 0.468 e. The number of rotatable bonds is 7. The summed E-state index contributed by atoms with van der Waals surface area (Å²) in [6.07, 6.45) is 2.10. The molecule has 0 heterocycles. The number of esters is 1. The molecule has 0 fully saturated rings. The summed E-state index contributed by atoms with van der Waals surface area (Å²) in [4.78, 5) is 25.2. The van der Waals surface area contributed by atoms with Crippen molar-refractivity contribution in [2.45, 2.75) is 46.1 Å². The summed E-state index contributed by atoms with van der Waals surface area (Å²) in [7, 11) is 1.33. The lowest BCUT2D eigenvalue weighted by molar-refractivity contribution is -0.148. The van der Waals surface area contributed by atoms with Gasteiger partial charge < -0.3 is 9.64 Å². The van der Waals surface area contributed by atoms with Crippen molar-refractivity contribution >= 4 is 11.9 Å². The first-order valence-corrected chi connectivity index (χ1v) is 7.42. The predicted octanol–water partition coefficient (Wildman–Crippen LogP) is 2.59. The lowest BCUT2D eigenvalue weighted by atomic mass is 10.1. The second kappa shape index (κ2) is 8.45. The molecule has 0 aliphatic rings. The Morgan fingerprint density at radius 1 is 1.14 bits per heavy atom. The second-order valence-corrected chi connectivity index (χ2v) is 5.36. The van der Waals surface area contributed by atoms with E-state index < -0.39 is 0 Å². The van der Waals surface area contributed by atoms with Crippen molar-refractivity contribution in [2.24, 2.45) is 0 Å². The van der Waals surface area contributed by atoms with Crippen molar-refractivity contribution in [1.29, 1.82) is 0 Å². The summed E-state index contributed by atoms with van der Waals surface area (Å²) in [5, 5.41) is 0. The highest BCUT2D eigenvalue weighted by molar-refractivity contribution is 5.82. The molecular weight excluding hydrogens is 266 g/mol. The Balaban J connectivity index is 2.58. The zero-order valence-electron chi connectivity index (χ0n) is 13.4. The minimum absolute atomic E-state index is 0.0148. The van der Waals surface area contributed by atoms with Crippen molar-refractivity contribution in [3.63, 3.8) is 0 Å². The number of hydrogen-bond donors (Lipinski definition) is 0. The minimum atomic E-state index is -0.385. The molecule has 21 heavy (non-hydrogen) atoms. The van der Waals surface area contributed by atoms with E-state index in [2.05, 4.69) is 35.9 Å². The highest BCUT2D eigenvalue weighted by Crippen LogP contribution is 2.10. The van der Waals surface area contributed by atoms with Crippen LogP contribution in [-0.2, 0) is 27.2 Å². The first kappa shape index (κ1) is 17.2. The highest BCUT2D eigenvalue weighted by atomic mass is 16.5. The van der Waals surface area contributed by atoms with Crippen LogP contribution in [0.15, 0.2) is 24.3 Å². The van der Waals surface area contributed by atoms with E-state index in [0.717, 1.165) is 12.0 Å². The standard InChI is InChI=1S/C17H25NO3/c1-5-14-6-8-15(9-7-14)10-11-16(19)18(13(2)3)12-17(20)21-4/h6-9,13H,5,10-12H2,1-4H3. The molecule has 0 saturated heterocycles. The molecule has 0 radical (unpaired) electrons. The molecule has 4 heteroatoms. The number of hydrogen-bond acceptors (Lipinski definition) is 3. The first-order chi connectivity index (χ1) is 9.97. The molecule has 1 aromatic carbocycles. The van der Waals surface area contributed by atoms with E-state index in [4.69, 9.17) is 0 Å². The maximum atomic E-state index is 12.3. The lowest BCUT2D eigenvalue weighted by Crippen LogP contribution is -2.41. The Bertz CT molecular complexity index is 465. The Hall–Kier alpha value is -1.84. The summed E-state index contributed by atoms with van der Waals surface area (Å²) in [6.45, 7) is 5.93. The van der Waals surface area contributed by atoms with Gasteiger partial charge in [-0.2, -0.15) is 0 Å². The molecule has 1 amide bonds. The van der Waals surface area contributed by atoms with E-state index in [9.17, 15) is 9.59 Å². The number of amides is 1. The maximum Gasteiger partial charge on any atom is 0.325 e. The van der Waals surface area contributed by atoms with Crippen molar-refractivity contribution in [3.05, 3.63) is 35.4 Å². The molecular formula is C17H25NO3. The number of aryl methyl sites for hydroxylation is 2. The zero-order chi connectivity index (χ0) is 15.8. The van der Waals surface area contributed by atoms with Crippen LogP contribution in [0.5, 0.6) is 0 Å². The van der Waals surface area contributed by atoms with Gasteiger partial charge in [-0.1, -0.05) is 31.2 Å². The van der Waals surface area contributed by atoms with E-state index in [1.165, 1.54) is 12.7 Å². The van der Waals surface area contributed by atoms with E-state index in [1.807, 2.05) is 13.8 Å². The van der Waals surface area contributed by atoms with E-state index in [-0.39, 0.29) is 24.5 Å². The van der Waals surface area contributed by atoms with Crippen LogP contribution in [0.3, 0.4) is 0 Å². The number of carbonyl (C=O) groups excluding carboxylic acids is 2. The van der Waals surface area contributed by atoms with Crippen LogP contribution in [0.2, 0.25) is 0 Å². The smallest absolute Gasteiger partial charge is 0.325 e. The van der Waals surface area contributed by atoms with E-state index in [0.29, 0.717) is 12.8 Å². The van der Waals surface area contributed by atoms with Gasteiger partial charge in [0, 0.05) is 12.5 Å². The fraction of sp³-hybridized carbons (Fsp3) is 0.529. The Morgan fingerprint density at radius 2 is 1.71 bits per heavy atom. The van der Waals surface area contributed by atoms with Crippen LogP contribution in [0.4, 0.5) is 0 Å². The number of ether oxygens (including phenoxy) is 1. The summed E-state index contributed by atoms with van der Waals surface area (Å²) in [6, 6.07) is 8.29. The van der Waals surface area contributed by atoms with Crippen molar-refractivity contribution in [1.82, 2.24) is 4.90 Å². The Kier molecular flexibility index (Phi) is 6.92. The zero-order valence-corrected chi connectivity index (χ0v) is 13.4. The van der Waals surface area contributed by atoms with E-state index in [1.54, 1.807) is 4.90 Å². The summed E-state index contributed by atoms with van der Waals surface area (Å²) >= 11 is 0. The van der Waals surface area contributed by atoms with Crippen molar-refractivity contribution < 1.29 is 14.3 Å². The SMILES string of the molecule is CCc1ccc(CCC(=O)N(CC(=O)OC)C(C)C)cc1. The summed E-state index contributed by atoms with van der Waals surface area (Å²) < 4.78 is 4.64. The van der Waals surface area contributed by atoms with Crippen LogP contribution in [-0.4, -0.2) is 36.5 Å². The van der Waals surface area contributed by atoms with Crippen LogP contribution in [0, 0.1) is 0 Å².